The third kappa shape index (κ3) is 3.72. The van der Waals surface area contributed by atoms with E-state index in [4.69, 9.17) is 9.47 Å². The molecule has 152 valence electrons. The van der Waals surface area contributed by atoms with Gasteiger partial charge in [-0.2, -0.15) is 8.42 Å². The van der Waals surface area contributed by atoms with Gasteiger partial charge in [0.15, 0.2) is 5.84 Å². The summed E-state index contributed by atoms with van der Waals surface area (Å²) in [5, 5.41) is 0. The molecule has 0 spiro atoms. The van der Waals surface area contributed by atoms with Crippen LogP contribution in [0.4, 0.5) is 0 Å². The van der Waals surface area contributed by atoms with Gasteiger partial charge in [-0.05, 0) is 37.5 Å². The van der Waals surface area contributed by atoms with Crippen LogP contribution in [0, 0.1) is 0 Å². The summed E-state index contributed by atoms with van der Waals surface area (Å²) in [5.41, 5.74) is 1.31. The summed E-state index contributed by atoms with van der Waals surface area (Å²) in [4.78, 5) is 14.9. The molecule has 0 amide bonds. The minimum Gasteiger partial charge on any atom is -0.496 e. The van der Waals surface area contributed by atoms with Crippen LogP contribution in [-0.4, -0.2) is 44.8 Å². The van der Waals surface area contributed by atoms with Gasteiger partial charge in [0.2, 0.25) is 0 Å². The summed E-state index contributed by atoms with van der Waals surface area (Å²) in [7, 11) is -2.17. The van der Waals surface area contributed by atoms with E-state index in [0.717, 1.165) is 18.4 Å². The number of carbonyl (C=O) groups is 1. The topological polar surface area (TPSA) is 85.3 Å². The lowest BCUT2D eigenvalue weighted by Gasteiger charge is -2.35. The maximum atomic E-state index is 12.9. The first-order valence-electron chi connectivity index (χ1n) is 9.51. The molecule has 1 fully saturated rings. The van der Waals surface area contributed by atoms with E-state index in [-0.39, 0.29) is 17.5 Å². The Morgan fingerprint density at radius 2 is 1.90 bits per heavy atom. The molecule has 2 aromatic rings. The van der Waals surface area contributed by atoms with Crippen molar-refractivity contribution in [3.8, 4) is 5.75 Å². The van der Waals surface area contributed by atoms with Gasteiger partial charge in [0.25, 0.3) is 10.0 Å². The number of ether oxygens (including phenoxy) is 2. The average molecular weight is 414 g/mol. The molecule has 0 unspecified atom stereocenters. The summed E-state index contributed by atoms with van der Waals surface area (Å²) in [5.74, 6) is 0.598. The van der Waals surface area contributed by atoms with Crippen LogP contribution >= 0.6 is 0 Å². The smallest absolute Gasteiger partial charge is 0.329 e. The second-order valence-corrected chi connectivity index (χ2v) is 8.58. The van der Waals surface area contributed by atoms with Gasteiger partial charge in [-0.3, -0.25) is 0 Å². The van der Waals surface area contributed by atoms with Gasteiger partial charge in [0, 0.05) is 17.7 Å². The number of methoxy groups -OCH3 is 1. The second kappa shape index (κ2) is 7.87. The minimum atomic E-state index is -3.74. The van der Waals surface area contributed by atoms with Crippen LogP contribution in [0.1, 0.15) is 30.4 Å². The van der Waals surface area contributed by atoms with Crippen molar-refractivity contribution in [3.05, 3.63) is 59.7 Å². The maximum absolute atomic E-state index is 12.9. The van der Waals surface area contributed by atoms with Gasteiger partial charge in [-0.25, -0.2) is 4.79 Å². The number of benzene rings is 2. The molecule has 8 heteroatoms. The molecule has 2 aliphatic heterocycles. The van der Waals surface area contributed by atoms with Crippen molar-refractivity contribution in [1.29, 1.82) is 0 Å². The maximum Gasteiger partial charge on any atom is 0.329 e. The van der Waals surface area contributed by atoms with Gasteiger partial charge in [-0.15, -0.1) is 4.40 Å². The highest BCUT2D eigenvalue weighted by Crippen LogP contribution is 2.31. The van der Waals surface area contributed by atoms with Crippen molar-refractivity contribution in [1.82, 2.24) is 4.90 Å². The monoisotopic (exact) mass is 414 g/mol. The molecule has 0 radical (unpaired) electrons. The molecule has 2 heterocycles. The Kier molecular flexibility index (Phi) is 5.27. The number of piperidine rings is 1. The lowest BCUT2D eigenvalue weighted by Crippen LogP contribution is -2.48. The summed E-state index contributed by atoms with van der Waals surface area (Å²) >= 11 is 0. The van der Waals surface area contributed by atoms with Gasteiger partial charge in [-0.1, -0.05) is 30.3 Å². The Morgan fingerprint density at radius 3 is 2.72 bits per heavy atom. The van der Waals surface area contributed by atoms with Gasteiger partial charge in [0.05, 0.1) is 7.11 Å². The zero-order valence-electron chi connectivity index (χ0n) is 16.1. The van der Waals surface area contributed by atoms with Gasteiger partial charge in [0.1, 0.15) is 23.3 Å². The number of para-hydroxylation sites is 1. The summed E-state index contributed by atoms with van der Waals surface area (Å²) in [6.45, 7) is 0.645. The van der Waals surface area contributed by atoms with E-state index in [0.29, 0.717) is 30.1 Å². The van der Waals surface area contributed by atoms with Crippen molar-refractivity contribution in [2.45, 2.75) is 36.8 Å². The number of hydrogen-bond acceptors (Lipinski definition) is 6. The lowest BCUT2D eigenvalue weighted by molar-refractivity contribution is -0.150. The Bertz CT molecular complexity index is 1060. The second-order valence-electron chi connectivity index (χ2n) is 7.01. The van der Waals surface area contributed by atoms with E-state index in [2.05, 4.69) is 4.40 Å². The molecule has 0 bridgehead atoms. The van der Waals surface area contributed by atoms with E-state index in [9.17, 15) is 13.2 Å². The van der Waals surface area contributed by atoms with E-state index < -0.39 is 16.1 Å². The zero-order valence-corrected chi connectivity index (χ0v) is 16.9. The van der Waals surface area contributed by atoms with Crippen molar-refractivity contribution in [2.24, 2.45) is 4.40 Å². The molecule has 7 nitrogen and oxygen atoms in total. The minimum absolute atomic E-state index is 0.0918. The van der Waals surface area contributed by atoms with Gasteiger partial charge >= 0.3 is 5.97 Å². The SMILES string of the molecule is COc1ccccc1COC(=O)[C@@H]1CCCCN1C1=NS(=O)(=O)c2ccccc21. The Balaban J connectivity index is 1.56. The highest BCUT2D eigenvalue weighted by molar-refractivity contribution is 7.90. The lowest BCUT2D eigenvalue weighted by atomic mass is 10.0. The fraction of sp³-hybridized carbons (Fsp3) is 0.333. The molecule has 2 aliphatic rings. The van der Waals surface area contributed by atoms with Crippen molar-refractivity contribution in [2.75, 3.05) is 13.7 Å². The molecule has 2 aromatic carbocycles. The Hall–Kier alpha value is -2.87. The first-order chi connectivity index (χ1) is 14.0. The zero-order chi connectivity index (χ0) is 20.4. The number of hydrogen-bond donors (Lipinski definition) is 0. The third-order valence-electron chi connectivity index (χ3n) is 5.22. The van der Waals surface area contributed by atoms with Crippen LogP contribution in [0.25, 0.3) is 0 Å². The van der Waals surface area contributed by atoms with Crippen molar-refractivity contribution < 1.29 is 22.7 Å². The van der Waals surface area contributed by atoms with Crippen LogP contribution in [0.5, 0.6) is 5.75 Å². The van der Waals surface area contributed by atoms with Crippen LogP contribution < -0.4 is 4.74 Å². The fourth-order valence-corrected chi connectivity index (χ4v) is 5.01. The number of sulfonamides is 1. The summed E-state index contributed by atoms with van der Waals surface area (Å²) in [6.07, 6.45) is 2.32. The molecular weight excluding hydrogens is 392 g/mol. The number of amidine groups is 1. The number of rotatable bonds is 4. The quantitative estimate of drug-likeness (QED) is 0.715. The third-order valence-corrected chi connectivity index (χ3v) is 6.55. The highest BCUT2D eigenvalue weighted by Gasteiger charge is 2.38. The molecule has 0 aliphatic carbocycles. The first kappa shape index (κ1) is 19.4. The molecule has 29 heavy (non-hydrogen) atoms. The Morgan fingerprint density at radius 1 is 1.14 bits per heavy atom. The molecular formula is C21H22N2O5S. The highest BCUT2D eigenvalue weighted by atomic mass is 32.2. The van der Waals surface area contributed by atoms with Crippen molar-refractivity contribution in [3.63, 3.8) is 0 Å². The predicted octanol–water partition coefficient (Wildman–Crippen LogP) is 2.74. The first-order valence-corrected chi connectivity index (χ1v) is 10.9. The molecule has 0 N–H and O–H groups in total. The van der Waals surface area contributed by atoms with E-state index >= 15 is 0 Å². The van der Waals surface area contributed by atoms with Gasteiger partial charge < -0.3 is 14.4 Å². The fourth-order valence-electron chi connectivity index (χ4n) is 3.79. The van der Waals surface area contributed by atoms with Crippen LogP contribution in [0.2, 0.25) is 0 Å². The molecule has 4 rings (SSSR count). The molecule has 0 aromatic heterocycles. The number of carbonyl (C=O) groups excluding carboxylic acids is 1. The standard InChI is InChI=1S/C21H22N2O5S/c1-27-18-11-4-2-8-15(18)14-28-21(24)17-10-6-7-13-23(17)20-16-9-3-5-12-19(16)29(25,26)22-20/h2-5,8-9,11-12,17H,6-7,10,13-14H2,1H3/t17-/m0/s1. The number of nitrogens with zero attached hydrogens (tertiary/aromatic N) is 2. The number of esters is 1. The van der Waals surface area contributed by atoms with E-state index in [1.807, 2.05) is 24.3 Å². The van der Waals surface area contributed by atoms with Crippen LogP contribution in [-0.2, 0) is 26.2 Å². The Labute approximate surface area is 170 Å². The van der Waals surface area contributed by atoms with E-state index in [1.54, 1.807) is 36.3 Å². The summed E-state index contributed by atoms with van der Waals surface area (Å²) in [6, 6.07) is 13.5. The largest absolute Gasteiger partial charge is 0.496 e. The number of fused-ring (bicyclic) bond motifs is 1. The summed E-state index contributed by atoms with van der Waals surface area (Å²) < 4.78 is 39.7. The molecule has 1 atom stereocenters. The van der Waals surface area contributed by atoms with Crippen molar-refractivity contribution >= 4 is 21.8 Å². The van der Waals surface area contributed by atoms with E-state index in [1.165, 1.54) is 0 Å². The normalized spacial score (nSPS) is 20.0. The van der Waals surface area contributed by atoms with Crippen LogP contribution in [0.15, 0.2) is 57.8 Å². The predicted molar refractivity (Wildman–Crippen MR) is 107 cm³/mol. The van der Waals surface area contributed by atoms with Crippen LogP contribution in [0.3, 0.4) is 0 Å². The molecule has 0 saturated carbocycles. The number of likely N-dealkylation sites (tertiary alicyclic amines) is 1. The molecule has 1 saturated heterocycles. The average Bonchev–Trinajstić information content (AvgIpc) is 3.03.